The molecule has 0 spiro atoms. The number of fused-ring (bicyclic) bond motifs is 1. The fourth-order valence-electron chi connectivity index (χ4n) is 4.14. The first-order valence-electron chi connectivity index (χ1n) is 14.5. The molecule has 0 saturated heterocycles. The standard InChI is InChI=1S/C29H46F6N4O3SSi/c1-19(36-24(40)12-13-28(30,31)32)20-10-11-23-21(16-20)37-25(39(23)18-42-14-15-44(7,8)9)22(38-43(41)26(2,3)4)17-27(5,6)29(33,34)35/h10-11,16,19,22,38H,12-15,17-18H2,1-9H3,(H,36,40)/t19-,22-,43?/m1/s1. The van der Waals surface area contributed by atoms with Gasteiger partial charge in [0, 0.05) is 32.5 Å². The van der Waals surface area contributed by atoms with Gasteiger partial charge in [0.2, 0.25) is 5.91 Å². The number of ether oxygens (including phenoxy) is 1. The molecule has 1 aromatic carbocycles. The van der Waals surface area contributed by atoms with E-state index < -0.39 is 79.2 Å². The Balaban J connectivity index is 2.56. The molecule has 0 saturated carbocycles. The van der Waals surface area contributed by atoms with Gasteiger partial charge in [0.1, 0.15) is 23.3 Å². The van der Waals surface area contributed by atoms with Crippen molar-refractivity contribution in [1.29, 1.82) is 0 Å². The first-order chi connectivity index (χ1) is 19.8. The number of imidazole rings is 1. The van der Waals surface area contributed by atoms with Gasteiger partial charge in [0.25, 0.3) is 0 Å². The molecule has 7 nitrogen and oxygen atoms in total. The van der Waals surface area contributed by atoms with Crippen molar-refractivity contribution in [3.63, 3.8) is 0 Å². The fraction of sp³-hybridized carbons (Fsp3) is 0.724. The summed E-state index contributed by atoms with van der Waals surface area (Å²) in [6.07, 6.45) is -11.4. The molecule has 15 heteroatoms. The number of nitrogens with zero attached hydrogens (tertiary/aromatic N) is 2. The third-order valence-electron chi connectivity index (χ3n) is 7.13. The molecule has 0 fully saturated rings. The van der Waals surface area contributed by atoms with E-state index in [9.17, 15) is 35.7 Å². The van der Waals surface area contributed by atoms with Gasteiger partial charge in [-0.2, -0.15) is 26.3 Å². The SMILES string of the molecule is C[C@@H](NC(=O)CCC(F)(F)F)c1ccc2c(c1)nc([C@@H](CC(C)(C)C(F)(F)F)N[S+]([O-])C(C)(C)C)n2COCC[Si](C)(C)C. The van der Waals surface area contributed by atoms with Crippen LogP contribution in [0.5, 0.6) is 0 Å². The third-order valence-corrected chi connectivity index (χ3v) is 10.4. The Morgan fingerprint density at radius 2 is 1.70 bits per heavy atom. The molecule has 2 rings (SSSR count). The van der Waals surface area contributed by atoms with Gasteiger partial charge in [0.15, 0.2) is 0 Å². The number of benzene rings is 1. The molecule has 2 N–H and O–H groups in total. The summed E-state index contributed by atoms with van der Waals surface area (Å²) in [6.45, 7) is 15.9. The van der Waals surface area contributed by atoms with Gasteiger partial charge in [-0.05, 0) is 57.9 Å². The van der Waals surface area contributed by atoms with E-state index in [-0.39, 0.29) is 12.6 Å². The number of nitrogens with one attached hydrogen (secondary N) is 2. The van der Waals surface area contributed by atoms with Crippen LogP contribution in [0.3, 0.4) is 0 Å². The zero-order valence-electron chi connectivity index (χ0n) is 26.9. The Morgan fingerprint density at radius 1 is 1.09 bits per heavy atom. The maximum Gasteiger partial charge on any atom is 0.394 e. The van der Waals surface area contributed by atoms with Crippen molar-refractivity contribution < 1.29 is 40.4 Å². The number of hydrogen-bond donors (Lipinski definition) is 2. The summed E-state index contributed by atoms with van der Waals surface area (Å²) in [5.74, 6) is -0.554. The maximum absolute atomic E-state index is 14.1. The van der Waals surface area contributed by atoms with Crippen molar-refractivity contribution in [2.24, 2.45) is 5.41 Å². The average Bonchev–Trinajstić information content (AvgIpc) is 3.20. The molecule has 0 aliphatic heterocycles. The second kappa shape index (κ2) is 14.3. The van der Waals surface area contributed by atoms with Crippen LogP contribution in [0.4, 0.5) is 26.3 Å². The Hall–Kier alpha value is -1.81. The van der Waals surface area contributed by atoms with E-state index in [0.717, 1.165) is 19.9 Å². The molecule has 0 aliphatic carbocycles. The van der Waals surface area contributed by atoms with E-state index >= 15 is 0 Å². The molecule has 1 aromatic heterocycles. The lowest BCUT2D eigenvalue weighted by molar-refractivity contribution is -0.215. The summed E-state index contributed by atoms with van der Waals surface area (Å²) < 4.78 is 103. The van der Waals surface area contributed by atoms with Crippen molar-refractivity contribution in [2.75, 3.05) is 6.61 Å². The van der Waals surface area contributed by atoms with Gasteiger partial charge in [-0.15, -0.1) is 4.72 Å². The van der Waals surface area contributed by atoms with E-state index in [2.05, 4.69) is 29.7 Å². The quantitative estimate of drug-likeness (QED) is 0.0921. The molecule has 0 aliphatic rings. The van der Waals surface area contributed by atoms with E-state index in [1.165, 1.54) is 0 Å². The van der Waals surface area contributed by atoms with Crippen LogP contribution >= 0.6 is 0 Å². The minimum Gasteiger partial charge on any atom is -0.598 e. The summed E-state index contributed by atoms with van der Waals surface area (Å²) in [7, 11) is -1.44. The highest BCUT2D eigenvalue weighted by atomic mass is 32.2. The zero-order valence-corrected chi connectivity index (χ0v) is 28.7. The van der Waals surface area contributed by atoms with Crippen molar-refractivity contribution >= 4 is 36.4 Å². The number of rotatable bonds is 14. The van der Waals surface area contributed by atoms with Crippen LogP contribution in [0.2, 0.25) is 25.7 Å². The smallest absolute Gasteiger partial charge is 0.394 e. The average molecular weight is 673 g/mol. The second-order valence-electron chi connectivity index (χ2n) is 14.0. The summed E-state index contributed by atoms with van der Waals surface area (Å²) in [6, 6.07) is 4.13. The van der Waals surface area contributed by atoms with Gasteiger partial charge in [-0.25, -0.2) is 4.98 Å². The number of amides is 1. The molecule has 1 unspecified atom stereocenters. The van der Waals surface area contributed by atoms with Crippen molar-refractivity contribution in [1.82, 2.24) is 19.6 Å². The molecule has 2 aromatic rings. The molecule has 44 heavy (non-hydrogen) atoms. The zero-order chi connectivity index (χ0) is 33.9. The molecule has 0 bridgehead atoms. The monoisotopic (exact) mass is 672 g/mol. The summed E-state index contributed by atoms with van der Waals surface area (Å²) in [5, 5.41) is 2.55. The van der Waals surface area contributed by atoms with E-state index in [4.69, 9.17) is 9.72 Å². The first kappa shape index (κ1) is 38.4. The number of hydrogen-bond acceptors (Lipinski definition) is 5. The van der Waals surface area contributed by atoms with Crippen LogP contribution < -0.4 is 10.0 Å². The van der Waals surface area contributed by atoms with Crippen LogP contribution in [-0.2, 0) is 27.6 Å². The lowest BCUT2D eigenvalue weighted by Gasteiger charge is -2.34. The third kappa shape index (κ3) is 11.5. The Kier molecular flexibility index (Phi) is 12.5. The van der Waals surface area contributed by atoms with Gasteiger partial charge >= 0.3 is 12.4 Å². The summed E-state index contributed by atoms with van der Waals surface area (Å²) in [5.41, 5.74) is -0.673. The van der Waals surface area contributed by atoms with Crippen molar-refractivity contribution in [3.05, 3.63) is 29.6 Å². The number of carbonyl (C=O) groups is 1. The van der Waals surface area contributed by atoms with Crippen LogP contribution in [-0.4, -0.2) is 51.8 Å². The van der Waals surface area contributed by atoms with E-state index in [0.29, 0.717) is 23.2 Å². The van der Waals surface area contributed by atoms with Gasteiger partial charge in [-0.3, -0.25) is 4.79 Å². The number of halogens is 6. The lowest BCUT2D eigenvalue weighted by atomic mass is 9.85. The Labute approximate surface area is 260 Å². The number of alkyl halides is 6. The van der Waals surface area contributed by atoms with Crippen LogP contribution in [0, 0.1) is 5.41 Å². The van der Waals surface area contributed by atoms with E-state index in [1.807, 2.05) is 0 Å². The predicted molar refractivity (Wildman–Crippen MR) is 164 cm³/mol. The van der Waals surface area contributed by atoms with Gasteiger partial charge in [0.05, 0.1) is 28.9 Å². The van der Waals surface area contributed by atoms with Crippen LogP contribution in [0.15, 0.2) is 18.2 Å². The molecule has 0 radical (unpaired) electrons. The highest BCUT2D eigenvalue weighted by molar-refractivity contribution is 7.90. The summed E-state index contributed by atoms with van der Waals surface area (Å²) in [4.78, 5) is 16.8. The Bertz CT molecular complexity index is 1260. The number of aromatic nitrogens is 2. The molecule has 252 valence electrons. The lowest BCUT2D eigenvalue weighted by Crippen LogP contribution is -2.45. The highest BCUT2D eigenvalue weighted by Gasteiger charge is 2.50. The predicted octanol–water partition coefficient (Wildman–Crippen LogP) is 7.94. The Morgan fingerprint density at radius 3 is 2.23 bits per heavy atom. The fourth-order valence-corrected chi connectivity index (χ4v) is 5.70. The van der Waals surface area contributed by atoms with Crippen molar-refractivity contribution in [2.45, 2.75) is 122 Å². The normalized spacial score (nSPS) is 15.8. The first-order valence-corrected chi connectivity index (χ1v) is 19.4. The minimum atomic E-state index is -4.55. The molecular weight excluding hydrogens is 626 g/mol. The molecule has 3 atom stereocenters. The number of carbonyl (C=O) groups excluding carboxylic acids is 1. The second-order valence-corrected chi connectivity index (χ2v) is 21.7. The molecule has 1 heterocycles. The summed E-state index contributed by atoms with van der Waals surface area (Å²) >= 11 is -1.74. The van der Waals surface area contributed by atoms with Crippen LogP contribution in [0.25, 0.3) is 11.0 Å². The maximum atomic E-state index is 14.1. The van der Waals surface area contributed by atoms with E-state index in [1.54, 1.807) is 50.5 Å². The van der Waals surface area contributed by atoms with Crippen LogP contribution in [0.1, 0.15) is 84.3 Å². The highest BCUT2D eigenvalue weighted by Crippen LogP contribution is 2.44. The van der Waals surface area contributed by atoms with Gasteiger partial charge < -0.3 is 19.2 Å². The minimum absolute atomic E-state index is 0.00777. The molecule has 1 amide bonds. The van der Waals surface area contributed by atoms with Gasteiger partial charge in [-0.1, -0.05) is 39.6 Å². The van der Waals surface area contributed by atoms with Crippen molar-refractivity contribution in [3.8, 4) is 0 Å². The largest absolute Gasteiger partial charge is 0.598 e. The molecular formula is C29H46F6N4O3SSi. The topological polar surface area (TPSA) is 91.2 Å².